The number of likely N-dealkylation sites (N-methyl/N-ethyl adjacent to an activating group) is 1. The number of carbonyl (C=O) groups is 4. The number of hydrogen-bond donors (Lipinski definition) is 2. The van der Waals surface area contributed by atoms with E-state index < -0.39 is 5.97 Å². The Morgan fingerprint density at radius 2 is 1.72 bits per heavy atom. The average molecular weight is 425 g/mol. The number of anilines is 1. The van der Waals surface area contributed by atoms with Crippen LogP contribution in [0.3, 0.4) is 0 Å². The van der Waals surface area contributed by atoms with Gasteiger partial charge in [0.2, 0.25) is 11.8 Å². The van der Waals surface area contributed by atoms with Gasteiger partial charge in [0.15, 0.2) is 0 Å². The monoisotopic (exact) mass is 424 g/mol. The Hall–Kier alpha value is -2.46. The van der Waals surface area contributed by atoms with Crippen molar-refractivity contribution in [1.82, 2.24) is 15.1 Å². The highest BCUT2D eigenvalue weighted by atomic mass is 32.1. The van der Waals surface area contributed by atoms with E-state index in [0.29, 0.717) is 10.4 Å². The van der Waals surface area contributed by atoms with Gasteiger partial charge in [-0.25, -0.2) is 4.79 Å². The minimum atomic E-state index is -0.591. The maximum atomic E-state index is 12.5. The van der Waals surface area contributed by atoms with Crippen molar-refractivity contribution in [3.63, 3.8) is 0 Å². The van der Waals surface area contributed by atoms with Gasteiger partial charge in [-0.05, 0) is 39.3 Å². The summed E-state index contributed by atoms with van der Waals surface area (Å²) in [5.74, 6) is -1.36. The predicted octanol–water partition coefficient (Wildman–Crippen LogP) is 1.08. The van der Waals surface area contributed by atoms with Crippen LogP contribution in [0.15, 0.2) is 0 Å². The van der Waals surface area contributed by atoms with Crippen molar-refractivity contribution in [1.29, 1.82) is 0 Å². The molecule has 1 aromatic rings. The van der Waals surface area contributed by atoms with Gasteiger partial charge in [-0.15, -0.1) is 11.3 Å². The number of thiophene rings is 1. The lowest BCUT2D eigenvalue weighted by Gasteiger charge is -2.16. The van der Waals surface area contributed by atoms with Gasteiger partial charge in [0.05, 0.1) is 30.1 Å². The number of esters is 1. The molecule has 9 nitrogen and oxygen atoms in total. The normalized spacial score (nSPS) is 13.2. The molecule has 0 aliphatic heterocycles. The van der Waals surface area contributed by atoms with Crippen molar-refractivity contribution in [3.05, 3.63) is 16.0 Å². The van der Waals surface area contributed by atoms with Gasteiger partial charge < -0.3 is 20.3 Å². The van der Waals surface area contributed by atoms with Crippen LogP contribution < -0.4 is 10.6 Å². The minimum Gasteiger partial charge on any atom is -0.462 e. The van der Waals surface area contributed by atoms with Gasteiger partial charge in [0.25, 0.3) is 5.91 Å². The second-order valence-corrected chi connectivity index (χ2v) is 8.26. The summed E-state index contributed by atoms with van der Waals surface area (Å²) < 4.78 is 5.09. The van der Waals surface area contributed by atoms with Crippen molar-refractivity contribution in [3.8, 4) is 0 Å². The summed E-state index contributed by atoms with van der Waals surface area (Å²) in [4.78, 5) is 52.5. The fraction of sp³-hybridized carbons (Fsp3) is 0.579. The number of ether oxygens (including phenoxy) is 1. The van der Waals surface area contributed by atoms with Crippen molar-refractivity contribution in [2.75, 3.05) is 46.2 Å². The second kappa shape index (κ2) is 9.84. The summed E-state index contributed by atoms with van der Waals surface area (Å²) in [5.41, 5.74) is 0.657. The Morgan fingerprint density at radius 1 is 1.10 bits per heavy atom. The topological polar surface area (TPSA) is 108 Å². The molecular formula is C19H28N4O5S. The zero-order valence-corrected chi connectivity index (χ0v) is 18.3. The Morgan fingerprint density at radius 3 is 2.28 bits per heavy atom. The van der Waals surface area contributed by atoms with Crippen LogP contribution in [-0.2, 0) is 14.3 Å². The number of amides is 3. The van der Waals surface area contributed by atoms with Crippen LogP contribution in [0.25, 0.3) is 0 Å². The molecule has 1 aliphatic carbocycles. The average Bonchev–Trinajstić information content (AvgIpc) is 3.36. The Labute approximate surface area is 174 Å². The van der Waals surface area contributed by atoms with E-state index >= 15 is 0 Å². The molecule has 29 heavy (non-hydrogen) atoms. The Balaban J connectivity index is 2.11. The third-order valence-electron chi connectivity index (χ3n) is 4.25. The van der Waals surface area contributed by atoms with Gasteiger partial charge in [-0.3, -0.25) is 19.3 Å². The van der Waals surface area contributed by atoms with E-state index in [1.165, 1.54) is 4.90 Å². The second-order valence-electron chi connectivity index (χ2n) is 7.24. The third kappa shape index (κ3) is 6.26. The van der Waals surface area contributed by atoms with Crippen LogP contribution in [0.1, 0.15) is 45.4 Å². The molecule has 0 spiro atoms. The number of hydrogen-bond acceptors (Lipinski definition) is 7. The predicted molar refractivity (Wildman–Crippen MR) is 110 cm³/mol. The maximum absolute atomic E-state index is 12.5. The molecule has 3 amide bonds. The molecule has 0 atom stereocenters. The van der Waals surface area contributed by atoms with Crippen molar-refractivity contribution in [2.24, 2.45) is 0 Å². The van der Waals surface area contributed by atoms with Crippen LogP contribution in [0.5, 0.6) is 0 Å². The van der Waals surface area contributed by atoms with E-state index in [0.717, 1.165) is 24.2 Å². The number of nitrogens with one attached hydrogen (secondary N) is 2. The molecule has 1 aromatic heterocycles. The van der Waals surface area contributed by atoms with Crippen molar-refractivity contribution < 1.29 is 23.9 Å². The molecule has 1 aliphatic rings. The zero-order chi connectivity index (χ0) is 21.7. The summed E-state index contributed by atoms with van der Waals surface area (Å²) in [6, 6.07) is 0.263. The molecule has 0 saturated heterocycles. The fourth-order valence-corrected chi connectivity index (χ4v) is 3.90. The van der Waals surface area contributed by atoms with Crippen molar-refractivity contribution in [2.45, 2.75) is 32.7 Å². The van der Waals surface area contributed by atoms with Gasteiger partial charge >= 0.3 is 5.97 Å². The van der Waals surface area contributed by atoms with E-state index in [4.69, 9.17) is 4.74 Å². The van der Waals surface area contributed by atoms with Crippen LogP contribution in [0.2, 0.25) is 0 Å². The summed E-state index contributed by atoms with van der Waals surface area (Å²) in [7, 11) is 4.90. The summed E-state index contributed by atoms with van der Waals surface area (Å²) in [6.45, 7) is 3.59. The summed E-state index contributed by atoms with van der Waals surface area (Å²) in [5, 5.41) is 5.83. The van der Waals surface area contributed by atoms with Gasteiger partial charge in [-0.1, -0.05) is 0 Å². The fourth-order valence-electron chi connectivity index (χ4n) is 2.67. The Bertz CT molecular complexity index is 801. The van der Waals surface area contributed by atoms with Crippen molar-refractivity contribution >= 4 is 40.0 Å². The standard InChI is InChI=1S/C19H28N4O5S/c1-6-28-19(27)15-11(2)16(18(26)22(3)4)29-17(15)21-14(25)10-23(5)9-13(24)20-12-7-8-12/h12H,6-10H2,1-5H3,(H,20,24)(H,21,25). The molecule has 1 saturated carbocycles. The SMILES string of the molecule is CCOC(=O)c1c(NC(=O)CN(C)CC(=O)NC2CC2)sc(C(=O)N(C)C)c1C. The van der Waals surface area contributed by atoms with E-state index in [2.05, 4.69) is 10.6 Å². The largest absolute Gasteiger partial charge is 0.462 e. The molecule has 1 heterocycles. The van der Waals surface area contributed by atoms with Gasteiger partial charge in [-0.2, -0.15) is 0 Å². The minimum absolute atomic E-state index is 0.0335. The highest BCUT2D eigenvalue weighted by molar-refractivity contribution is 7.18. The smallest absolute Gasteiger partial charge is 0.341 e. The highest BCUT2D eigenvalue weighted by Crippen LogP contribution is 2.34. The zero-order valence-electron chi connectivity index (χ0n) is 17.5. The van der Waals surface area contributed by atoms with Crippen LogP contribution in [0.4, 0.5) is 5.00 Å². The lowest BCUT2D eigenvalue weighted by Crippen LogP contribution is -2.39. The molecule has 1 fully saturated rings. The quantitative estimate of drug-likeness (QED) is 0.575. The van der Waals surface area contributed by atoms with E-state index in [1.54, 1.807) is 39.9 Å². The third-order valence-corrected chi connectivity index (χ3v) is 5.44. The number of rotatable bonds is 9. The number of carbonyl (C=O) groups excluding carboxylic acids is 4. The summed E-state index contributed by atoms with van der Waals surface area (Å²) >= 11 is 1.04. The first-order chi connectivity index (χ1) is 13.6. The molecule has 0 radical (unpaired) electrons. The molecular weight excluding hydrogens is 396 g/mol. The molecule has 2 rings (SSSR count). The number of nitrogens with zero attached hydrogens (tertiary/aromatic N) is 2. The molecule has 0 bridgehead atoms. The lowest BCUT2D eigenvalue weighted by molar-refractivity contribution is -0.123. The van der Waals surface area contributed by atoms with E-state index in [9.17, 15) is 19.2 Å². The van der Waals surface area contributed by atoms with Gasteiger partial charge in [0.1, 0.15) is 5.00 Å². The Kier molecular flexibility index (Phi) is 7.74. The molecule has 160 valence electrons. The molecule has 0 unspecified atom stereocenters. The van der Waals surface area contributed by atoms with Crippen LogP contribution in [0, 0.1) is 6.92 Å². The van der Waals surface area contributed by atoms with E-state index in [-0.39, 0.29) is 54.0 Å². The first-order valence-electron chi connectivity index (χ1n) is 9.43. The lowest BCUT2D eigenvalue weighted by atomic mass is 10.1. The highest BCUT2D eigenvalue weighted by Gasteiger charge is 2.28. The molecule has 10 heteroatoms. The molecule has 0 aromatic carbocycles. The first-order valence-corrected chi connectivity index (χ1v) is 10.3. The summed E-state index contributed by atoms with van der Waals surface area (Å²) in [6.07, 6.45) is 2.00. The van der Waals surface area contributed by atoms with E-state index in [1.807, 2.05) is 0 Å². The molecule has 2 N–H and O–H groups in total. The maximum Gasteiger partial charge on any atom is 0.341 e. The van der Waals surface area contributed by atoms with Crippen LogP contribution in [-0.4, -0.2) is 80.4 Å². The van der Waals surface area contributed by atoms with Gasteiger partial charge in [0, 0.05) is 20.1 Å². The van der Waals surface area contributed by atoms with Crippen LogP contribution >= 0.6 is 11.3 Å². The first kappa shape index (κ1) is 22.8.